The maximum absolute atomic E-state index is 4.65. The Labute approximate surface area is 148 Å². The molecule has 0 aliphatic rings. The van der Waals surface area contributed by atoms with E-state index in [9.17, 15) is 0 Å². The van der Waals surface area contributed by atoms with Crippen LogP contribution in [0.2, 0.25) is 0 Å². The summed E-state index contributed by atoms with van der Waals surface area (Å²) in [7, 11) is 1.89. The summed E-state index contributed by atoms with van der Waals surface area (Å²) in [4.78, 5) is 11.6. The first-order chi connectivity index (χ1) is 12.2. The Morgan fingerprint density at radius 1 is 1.08 bits per heavy atom. The Hall–Kier alpha value is -2.67. The Morgan fingerprint density at radius 2 is 1.84 bits per heavy atom. The molecular formula is C18H25N7. The lowest BCUT2D eigenvalue weighted by molar-refractivity contribution is 0.316. The van der Waals surface area contributed by atoms with E-state index in [0.29, 0.717) is 5.95 Å². The zero-order chi connectivity index (χ0) is 17.6. The second-order valence-electron chi connectivity index (χ2n) is 5.85. The summed E-state index contributed by atoms with van der Waals surface area (Å²) in [5.74, 6) is 1.37. The summed E-state index contributed by atoms with van der Waals surface area (Å²) < 4.78 is 1.77. The second-order valence-corrected chi connectivity index (χ2v) is 5.85. The van der Waals surface area contributed by atoms with E-state index in [0.717, 1.165) is 48.7 Å². The predicted molar refractivity (Wildman–Crippen MR) is 102 cm³/mol. The average Bonchev–Trinajstić information content (AvgIpc) is 3.01. The van der Waals surface area contributed by atoms with Crippen molar-refractivity contribution in [3.05, 3.63) is 36.5 Å². The Bertz CT molecular complexity index is 809. The molecule has 0 aliphatic heterocycles. The fourth-order valence-electron chi connectivity index (χ4n) is 2.72. The van der Waals surface area contributed by atoms with Crippen LogP contribution in [0.4, 0.5) is 17.5 Å². The molecule has 0 saturated heterocycles. The standard InChI is InChI=1S/C18H25N7/c1-4-25(5-2)12-11-19-18-22-16(21-14-9-7-6-8-10-14)15-13-20-24(3)17(15)23-18/h6-10,13H,4-5,11-12H2,1-3H3,(H2,19,21,22,23). The van der Waals surface area contributed by atoms with E-state index >= 15 is 0 Å². The zero-order valence-corrected chi connectivity index (χ0v) is 15.0. The van der Waals surface area contributed by atoms with Gasteiger partial charge in [0, 0.05) is 25.8 Å². The minimum atomic E-state index is 0.613. The molecule has 0 saturated carbocycles. The number of hydrogen-bond donors (Lipinski definition) is 2. The summed E-state index contributed by atoms with van der Waals surface area (Å²) in [6, 6.07) is 10.0. The Morgan fingerprint density at radius 3 is 2.56 bits per heavy atom. The van der Waals surface area contributed by atoms with Crippen LogP contribution in [0.15, 0.2) is 36.5 Å². The van der Waals surface area contributed by atoms with Crippen molar-refractivity contribution in [2.45, 2.75) is 13.8 Å². The minimum absolute atomic E-state index is 0.613. The number of nitrogens with one attached hydrogen (secondary N) is 2. The number of benzene rings is 1. The van der Waals surface area contributed by atoms with E-state index < -0.39 is 0 Å². The van der Waals surface area contributed by atoms with Crippen molar-refractivity contribution in [1.82, 2.24) is 24.6 Å². The van der Waals surface area contributed by atoms with Crippen molar-refractivity contribution >= 4 is 28.5 Å². The van der Waals surface area contributed by atoms with Gasteiger partial charge >= 0.3 is 0 Å². The van der Waals surface area contributed by atoms with Gasteiger partial charge in [0.25, 0.3) is 0 Å². The van der Waals surface area contributed by atoms with Gasteiger partial charge in [-0.3, -0.25) is 4.68 Å². The molecule has 0 fully saturated rings. The number of aryl methyl sites for hydroxylation is 1. The molecule has 132 valence electrons. The predicted octanol–water partition coefficient (Wildman–Crippen LogP) is 2.86. The summed E-state index contributed by atoms with van der Waals surface area (Å²) in [5, 5.41) is 11.9. The molecule has 0 spiro atoms. The number of para-hydroxylation sites is 1. The third-order valence-corrected chi connectivity index (χ3v) is 4.23. The van der Waals surface area contributed by atoms with Crippen LogP contribution in [0.3, 0.4) is 0 Å². The van der Waals surface area contributed by atoms with Gasteiger partial charge in [-0.2, -0.15) is 15.1 Å². The summed E-state index contributed by atoms with van der Waals surface area (Å²) >= 11 is 0. The molecule has 3 aromatic rings. The fraction of sp³-hybridized carbons (Fsp3) is 0.389. The number of anilines is 3. The lowest BCUT2D eigenvalue weighted by Gasteiger charge is -2.18. The smallest absolute Gasteiger partial charge is 0.226 e. The number of fused-ring (bicyclic) bond motifs is 1. The van der Waals surface area contributed by atoms with E-state index in [1.54, 1.807) is 10.9 Å². The van der Waals surface area contributed by atoms with Gasteiger partial charge in [-0.15, -0.1) is 0 Å². The lowest BCUT2D eigenvalue weighted by Crippen LogP contribution is -2.29. The molecule has 7 heteroatoms. The first kappa shape index (κ1) is 17.2. The molecule has 1 aromatic carbocycles. The van der Waals surface area contributed by atoms with Crippen LogP contribution in [-0.2, 0) is 7.05 Å². The molecular weight excluding hydrogens is 314 g/mol. The second kappa shape index (κ2) is 7.94. The monoisotopic (exact) mass is 339 g/mol. The van der Waals surface area contributed by atoms with E-state index in [1.807, 2.05) is 37.4 Å². The molecule has 0 amide bonds. The Kier molecular flexibility index (Phi) is 5.45. The third-order valence-electron chi connectivity index (χ3n) is 4.23. The number of likely N-dealkylation sites (N-methyl/N-ethyl adjacent to an activating group) is 1. The lowest BCUT2D eigenvalue weighted by atomic mass is 10.3. The number of nitrogens with zero attached hydrogens (tertiary/aromatic N) is 5. The highest BCUT2D eigenvalue weighted by Gasteiger charge is 2.12. The molecule has 0 bridgehead atoms. The van der Waals surface area contributed by atoms with Crippen LogP contribution < -0.4 is 10.6 Å². The maximum atomic E-state index is 4.65. The number of aromatic nitrogens is 4. The van der Waals surface area contributed by atoms with Crippen molar-refractivity contribution in [2.24, 2.45) is 7.05 Å². The quantitative estimate of drug-likeness (QED) is 0.658. The first-order valence-electron chi connectivity index (χ1n) is 8.69. The normalized spacial score (nSPS) is 11.2. The summed E-state index contributed by atoms with van der Waals surface area (Å²) in [6.45, 7) is 8.19. The molecule has 0 aliphatic carbocycles. The average molecular weight is 339 g/mol. The highest BCUT2D eigenvalue weighted by atomic mass is 15.3. The van der Waals surface area contributed by atoms with Gasteiger partial charge in [-0.1, -0.05) is 32.0 Å². The van der Waals surface area contributed by atoms with E-state index in [-0.39, 0.29) is 0 Å². The van der Waals surface area contributed by atoms with Crippen LogP contribution >= 0.6 is 0 Å². The van der Waals surface area contributed by atoms with Crippen molar-refractivity contribution in [1.29, 1.82) is 0 Å². The summed E-state index contributed by atoms with van der Waals surface area (Å²) in [5.41, 5.74) is 1.79. The molecule has 3 rings (SSSR count). The fourth-order valence-corrected chi connectivity index (χ4v) is 2.72. The number of hydrogen-bond acceptors (Lipinski definition) is 6. The van der Waals surface area contributed by atoms with Gasteiger partial charge in [-0.25, -0.2) is 0 Å². The maximum Gasteiger partial charge on any atom is 0.226 e. The SMILES string of the molecule is CCN(CC)CCNc1nc(Nc2ccccc2)c2cnn(C)c2n1. The molecule has 0 unspecified atom stereocenters. The molecule has 25 heavy (non-hydrogen) atoms. The van der Waals surface area contributed by atoms with Crippen LogP contribution in [0, 0.1) is 0 Å². The topological polar surface area (TPSA) is 70.9 Å². The first-order valence-corrected chi connectivity index (χ1v) is 8.69. The highest BCUT2D eigenvalue weighted by molar-refractivity contribution is 5.89. The molecule has 7 nitrogen and oxygen atoms in total. The number of rotatable bonds is 8. The largest absolute Gasteiger partial charge is 0.353 e. The van der Waals surface area contributed by atoms with Gasteiger partial charge in [-0.05, 0) is 25.2 Å². The van der Waals surface area contributed by atoms with Crippen molar-refractivity contribution < 1.29 is 0 Å². The molecule has 2 N–H and O–H groups in total. The van der Waals surface area contributed by atoms with Gasteiger partial charge in [0.1, 0.15) is 5.82 Å². The van der Waals surface area contributed by atoms with Crippen LogP contribution in [0.5, 0.6) is 0 Å². The zero-order valence-electron chi connectivity index (χ0n) is 15.0. The van der Waals surface area contributed by atoms with E-state index in [1.165, 1.54) is 0 Å². The van der Waals surface area contributed by atoms with Gasteiger partial charge in [0.15, 0.2) is 5.65 Å². The minimum Gasteiger partial charge on any atom is -0.353 e. The molecule has 0 atom stereocenters. The third kappa shape index (κ3) is 4.06. The van der Waals surface area contributed by atoms with Crippen LogP contribution in [0.25, 0.3) is 11.0 Å². The van der Waals surface area contributed by atoms with Gasteiger partial charge in [0.05, 0.1) is 11.6 Å². The van der Waals surface area contributed by atoms with Crippen molar-refractivity contribution in [3.63, 3.8) is 0 Å². The van der Waals surface area contributed by atoms with Crippen LogP contribution in [-0.4, -0.2) is 50.8 Å². The molecule has 0 radical (unpaired) electrons. The highest BCUT2D eigenvalue weighted by Crippen LogP contribution is 2.24. The molecule has 2 heterocycles. The van der Waals surface area contributed by atoms with E-state index in [4.69, 9.17) is 0 Å². The van der Waals surface area contributed by atoms with Crippen LogP contribution in [0.1, 0.15) is 13.8 Å². The van der Waals surface area contributed by atoms with E-state index in [2.05, 4.69) is 44.4 Å². The van der Waals surface area contributed by atoms with Crippen molar-refractivity contribution in [2.75, 3.05) is 36.8 Å². The van der Waals surface area contributed by atoms with Gasteiger partial charge < -0.3 is 15.5 Å². The van der Waals surface area contributed by atoms with Gasteiger partial charge in [0.2, 0.25) is 5.95 Å². The Balaban J connectivity index is 1.83. The van der Waals surface area contributed by atoms with Crippen molar-refractivity contribution in [3.8, 4) is 0 Å². The summed E-state index contributed by atoms with van der Waals surface area (Å²) in [6.07, 6.45) is 1.79. The molecule has 2 aromatic heterocycles.